The van der Waals surface area contributed by atoms with Gasteiger partial charge in [0.05, 0.1) is 6.04 Å². The molecule has 7 heteroatoms. The topological polar surface area (TPSA) is 63.1 Å². The Kier molecular flexibility index (Phi) is 6.06. The van der Waals surface area contributed by atoms with Gasteiger partial charge in [-0.2, -0.15) is 0 Å². The van der Waals surface area contributed by atoms with Crippen molar-refractivity contribution in [1.82, 2.24) is 25.0 Å². The molecule has 0 aliphatic carbocycles. The number of piperidine rings is 1. The van der Waals surface area contributed by atoms with Gasteiger partial charge in [-0.25, -0.2) is 0 Å². The maximum Gasteiger partial charge on any atom is 0.217 e. The van der Waals surface area contributed by atoms with E-state index in [9.17, 15) is 4.79 Å². The highest BCUT2D eigenvalue weighted by Crippen LogP contribution is 2.42. The molecule has 1 N–H and O–H groups in total. The molecule has 2 aromatic heterocycles. The van der Waals surface area contributed by atoms with Gasteiger partial charge in [0, 0.05) is 42.4 Å². The summed E-state index contributed by atoms with van der Waals surface area (Å²) >= 11 is 1.73. The average molecular weight is 416 g/mol. The lowest BCUT2D eigenvalue weighted by Crippen LogP contribution is -2.45. The van der Waals surface area contributed by atoms with Gasteiger partial charge in [0.1, 0.15) is 11.6 Å². The number of carbonyl (C=O) groups is 1. The Morgan fingerprint density at radius 2 is 1.97 bits per heavy atom. The molecule has 2 bridgehead atoms. The van der Waals surface area contributed by atoms with Crippen molar-refractivity contribution in [3.63, 3.8) is 0 Å². The number of hydrogen-bond donors (Lipinski definition) is 1. The van der Waals surface area contributed by atoms with Crippen molar-refractivity contribution >= 4 is 17.2 Å². The summed E-state index contributed by atoms with van der Waals surface area (Å²) in [6, 6.07) is 6.09. The normalized spacial score (nSPS) is 25.5. The van der Waals surface area contributed by atoms with Crippen LogP contribution in [0.2, 0.25) is 0 Å². The molecule has 0 saturated carbocycles. The molecule has 2 fully saturated rings. The minimum atomic E-state index is 0.0503. The second-order valence-electron chi connectivity index (χ2n) is 8.94. The van der Waals surface area contributed by atoms with E-state index in [4.69, 9.17) is 0 Å². The second kappa shape index (κ2) is 8.56. The van der Waals surface area contributed by atoms with Crippen LogP contribution in [0.5, 0.6) is 0 Å². The quantitative estimate of drug-likeness (QED) is 0.736. The molecule has 29 heavy (non-hydrogen) atoms. The first-order valence-corrected chi connectivity index (χ1v) is 11.8. The first kappa shape index (κ1) is 20.5. The van der Waals surface area contributed by atoms with Crippen LogP contribution >= 0.6 is 11.3 Å². The third-order valence-corrected chi connectivity index (χ3v) is 7.56. The average Bonchev–Trinajstić information content (AvgIpc) is 3.37. The summed E-state index contributed by atoms with van der Waals surface area (Å²) in [5.41, 5.74) is 0. The van der Waals surface area contributed by atoms with E-state index < -0.39 is 0 Å². The zero-order chi connectivity index (χ0) is 20.5. The van der Waals surface area contributed by atoms with Crippen molar-refractivity contribution in [2.75, 3.05) is 6.54 Å². The molecule has 4 heterocycles. The highest BCUT2D eigenvalue weighted by molar-refractivity contribution is 7.10. The fourth-order valence-electron chi connectivity index (χ4n) is 5.35. The van der Waals surface area contributed by atoms with Crippen molar-refractivity contribution in [3.8, 4) is 0 Å². The number of hydrogen-bond acceptors (Lipinski definition) is 5. The number of fused-ring (bicyclic) bond motifs is 2. The minimum absolute atomic E-state index is 0.0503. The van der Waals surface area contributed by atoms with Gasteiger partial charge in [0.25, 0.3) is 0 Å². The van der Waals surface area contributed by atoms with Crippen molar-refractivity contribution in [3.05, 3.63) is 34.0 Å². The number of carbonyl (C=O) groups excluding carboxylic acids is 1. The predicted molar refractivity (Wildman–Crippen MR) is 116 cm³/mol. The number of nitrogens with one attached hydrogen (secondary N) is 1. The molecule has 2 saturated heterocycles. The van der Waals surface area contributed by atoms with Crippen LogP contribution in [0.1, 0.15) is 87.4 Å². The molecule has 4 atom stereocenters. The number of aryl methyl sites for hydroxylation is 1. The number of rotatable bonds is 7. The molecule has 2 aromatic rings. The van der Waals surface area contributed by atoms with E-state index >= 15 is 0 Å². The third-order valence-electron chi connectivity index (χ3n) is 6.57. The Hall–Kier alpha value is -1.73. The maximum absolute atomic E-state index is 11.7. The molecule has 0 radical (unpaired) electrons. The lowest BCUT2D eigenvalue weighted by molar-refractivity contribution is -0.119. The van der Waals surface area contributed by atoms with E-state index in [0.29, 0.717) is 24.0 Å². The molecule has 0 aromatic carbocycles. The van der Waals surface area contributed by atoms with E-state index in [1.54, 1.807) is 18.3 Å². The van der Waals surface area contributed by atoms with Gasteiger partial charge in [-0.05, 0) is 50.5 Å². The SMILES string of the molecule is CC(=O)NC(CCN1[C@@H]2CC[C@H]1C[C@H](n1c(C)nnc1C(C)C)C2)c1cccs1. The minimum Gasteiger partial charge on any atom is -0.349 e. The number of thiophene rings is 1. The summed E-state index contributed by atoms with van der Waals surface area (Å²) in [6.45, 7) is 9.16. The van der Waals surface area contributed by atoms with Gasteiger partial charge >= 0.3 is 0 Å². The first-order chi connectivity index (χ1) is 13.9. The summed E-state index contributed by atoms with van der Waals surface area (Å²) in [5, 5.41) is 14.1. The van der Waals surface area contributed by atoms with Crippen LogP contribution in [0.25, 0.3) is 0 Å². The van der Waals surface area contributed by atoms with Gasteiger partial charge in [-0.15, -0.1) is 21.5 Å². The van der Waals surface area contributed by atoms with Gasteiger partial charge in [0.2, 0.25) is 5.91 Å². The van der Waals surface area contributed by atoms with Gasteiger partial charge in [0.15, 0.2) is 0 Å². The molecule has 0 spiro atoms. The summed E-state index contributed by atoms with van der Waals surface area (Å²) in [4.78, 5) is 15.7. The predicted octanol–water partition coefficient (Wildman–Crippen LogP) is 4.21. The maximum atomic E-state index is 11.7. The molecule has 6 nitrogen and oxygen atoms in total. The van der Waals surface area contributed by atoms with Crippen LogP contribution in [0.3, 0.4) is 0 Å². The van der Waals surface area contributed by atoms with Gasteiger partial charge in [-0.3, -0.25) is 9.69 Å². The van der Waals surface area contributed by atoms with Crippen molar-refractivity contribution < 1.29 is 4.79 Å². The Balaban J connectivity index is 1.43. The van der Waals surface area contributed by atoms with Gasteiger partial charge < -0.3 is 9.88 Å². The van der Waals surface area contributed by atoms with Crippen LogP contribution in [-0.2, 0) is 4.79 Å². The van der Waals surface area contributed by atoms with Crippen LogP contribution in [0.4, 0.5) is 0 Å². The molecule has 4 rings (SSSR count). The van der Waals surface area contributed by atoms with E-state index in [1.807, 2.05) is 0 Å². The first-order valence-electron chi connectivity index (χ1n) is 10.9. The van der Waals surface area contributed by atoms with E-state index in [1.165, 1.54) is 30.6 Å². The summed E-state index contributed by atoms with van der Waals surface area (Å²) in [6.07, 6.45) is 5.89. The molecule has 1 unspecified atom stereocenters. The highest BCUT2D eigenvalue weighted by atomic mass is 32.1. The summed E-state index contributed by atoms with van der Waals surface area (Å²) < 4.78 is 2.42. The zero-order valence-electron chi connectivity index (χ0n) is 18.0. The van der Waals surface area contributed by atoms with Crippen molar-refractivity contribution in [2.24, 2.45) is 0 Å². The Bertz CT molecular complexity index is 816. The Morgan fingerprint density at radius 1 is 1.24 bits per heavy atom. The third kappa shape index (κ3) is 4.26. The van der Waals surface area contributed by atoms with Crippen LogP contribution in [0, 0.1) is 6.92 Å². The molecule has 1 amide bonds. The highest BCUT2D eigenvalue weighted by Gasteiger charge is 2.42. The monoisotopic (exact) mass is 415 g/mol. The van der Waals surface area contributed by atoms with Crippen LogP contribution in [-0.4, -0.2) is 44.2 Å². The smallest absolute Gasteiger partial charge is 0.217 e. The Morgan fingerprint density at radius 3 is 2.55 bits per heavy atom. The fourth-order valence-corrected chi connectivity index (χ4v) is 6.16. The lowest BCUT2D eigenvalue weighted by Gasteiger charge is -2.40. The summed E-state index contributed by atoms with van der Waals surface area (Å²) in [7, 11) is 0. The standard InChI is InChI=1S/C22H33N5OS/c1-14(2)22-25-24-15(3)27(22)19-12-17-7-8-18(13-19)26(17)10-9-20(23-16(4)28)21-6-5-11-29-21/h5-6,11,14,17-20H,7-10,12-13H2,1-4H3,(H,23,28)/t17-,18+,19-,20?. The van der Waals surface area contributed by atoms with E-state index in [2.05, 4.69) is 63.3 Å². The molecular weight excluding hydrogens is 382 g/mol. The fraction of sp³-hybridized carbons (Fsp3) is 0.682. The largest absolute Gasteiger partial charge is 0.349 e. The number of aromatic nitrogens is 3. The molecule has 158 valence electrons. The Labute approximate surface area is 177 Å². The molecular formula is C22H33N5OS. The van der Waals surface area contributed by atoms with E-state index in [0.717, 1.165) is 24.6 Å². The lowest BCUT2D eigenvalue weighted by atomic mass is 9.95. The van der Waals surface area contributed by atoms with Crippen LogP contribution in [0.15, 0.2) is 17.5 Å². The number of nitrogens with zero attached hydrogens (tertiary/aromatic N) is 4. The second-order valence-corrected chi connectivity index (χ2v) is 9.91. The molecule has 2 aliphatic heterocycles. The van der Waals surface area contributed by atoms with Gasteiger partial charge in [-0.1, -0.05) is 19.9 Å². The van der Waals surface area contributed by atoms with E-state index in [-0.39, 0.29) is 11.9 Å². The zero-order valence-corrected chi connectivity index (χ0v) is 18.8. The van der Waals surface area contributed by atoms with Crippen molar-refractivity contribution in [2.45, 2.75) is 89.9 Å². The van der Waals surface area contributed by atoms with Crippen LogP contribution < -0.4 is 5.32 Å². The van der Waals surface area contributed by atoms with Crippen molar-refractivity contribution in [1.29, 1.82) is 0 Å². The summed E-state index contributed by atoms with van der Waals surface area (Å²) in [5.74, 6) is 2.63. The molecule has 2 aliphatic rings. The number of amides is 1.